The fraction of sp³-hybridized carbons (Fsp3) is 0.368. The van der Waals surface area contributed by atoms with Crippen molar-refractivity contribution in [2.45, 2.75) is 43.1 Å². The third-order valence-electron chi connectivity index (χ3n) is 4.45. The predicted octanol–water partition coefficient (Wildman–Crippen LogP) is 4.75. The van der Waals surface area contributed by atoms with Gasteiger partial charge in [-0.15, -0.1) is 0 Å². The lowest BCUT2D eigenvalue weighted by atomic mass is 9.97. The summed E-state index contributed by atoms with van der Waals surface area (Å²) < 4.78 is 57.2. The first-order valence-corrected chi connectivity index (χ1v) is 10.2. The van der Waals surface area contributed by atoms with Crippen LogP contribution in [-0.2, 0) is 9.84 Å². The highest BCUT2D eigenvalue weighted by Gasteiger charge is 2.20. The summed E-state index contributed by atoms with van der Waals surface area (Å²) in [6.07, 6.45) is 5.75. The Labute approximate surface area is 146 Å². The molecule has 0 aromatic heterocycles. The molecule has 25 heavy (non-hydrogen) atoms. The summed E-state index contributed by atoms with van der Waals surface area (Å²) in [6, 6.07) is 8.35. The van der Waals surface area contributed by atoms with Crippen molar-refractivity contribution < 1.29 is 21.9 Å². The van der Waals surface area contributed by atoms with E-state index in [1.165, 1.54) is 36.4 Å². The van der Waals surface area contributed by atoms with E-state index in [-0.39, 0.29) is 16.7 Å². The van der Waals surface area contributed by atoms with E-state index in [1.807, 2.05) is 0 Å². The number of hydrogen-bond donors (Lipinski definition) is 0. The number of sulfone groups is 1. The highest BCUT2D eigenvalue weighted by molar-refractivity contribution is 7.90. The lowest BCUT2D eigenvalue weighted by Crippen LogP contribution is -2.20. The minimum Gasteiger partial charge on any atom is -0.484 e. The van der Waals surface area contributed by atoms with Crippen LogP contribution in [0.1, 0.15) is 32.1 Å². The van der Waals surface area contributed by atoms with Crippen LogP contribution in [0.3, 0.4) is 0 Å². The van der Waals surface area contributed by atoms with Gasteiger partial charge in [-0.2, -0.15) is 0 Å². The Morgan fingerprint density at radius 3 is 2.00 bits per heavy atom. The third-order valence-corrected chi connectivity index (χ3v) is 5.58. The van der Waals surface area contributed by atoms with Gasteiger partial charge in [-0.1, -0.05) is 18.6 Å². The van der Waals surface area contributed by atoms with Gasteiger partial charge in [0.05, 0.1) is 11.0 Å². The zero-order valence-corrected chi connectivity index (χ0v) is 14.8. The van der Waals surface area contributed by atoms with Crippen LogP contribution in [0.5, 0.6) is 5.75 Å². The number of halogens is 2. The van der Waals surface area contributed by atoms with Crippen molar-refractivity contribution >= 4 is 9.84 Å². The molecule has 0 spiro atoms. The summed E-state index contributed by atoms with van der Waals surface area (Å²) in [7, 11) is -3.31. The topological polar surface area (TPSA) is 43.4 Å². The van der Waals surface area contributed by atoms with Crippen molar-refractivity contribution in [2.75, 3.05) is 6.26 Å². The fourth-order valence-corrected chi connectivity index (χ4v) is 3.71. The molecule has 1 saturated carbocycles. The van der Waals surface area contributed by atoms with Gasteiger partial charge >= 0.3 is 0 Å². The van der Waals surface area contributed by atoms with Crippen LogP contribution in [0, 0.1) is 11.6 Å². The monoisotopic (exact) mass is 366 g/mol. The summed E-state index contributed by atoms with van der Waals surface area (Å²) in [5.74, 6) is -1.82. The average Bonchev–Trinajstić information content (AvgIpc) is 2.58. The largest absolute Gasteiger partial charge is 0.484 e. The predicted molar refractivity (Wildman–Crippen MR) is 92.4 cm³/mol. The Balaban J connectivity index is 1.86. The van der Waals surface area contributed by atoms with Gasteiger partial charge in [0, 0.05) is 6.26 Å². The first-order chi connectivity index (χ1) is 11.8. The van der Waals surface area contributed by atoms with E-state index in [1.54, 1.807) is 0 Å². The van der Waals surface area contributed by atoms with Crippen LogP contribution in [0.15, 0.2) is 41.3 Å². The Hall–Kier alpha value is -1.95. The van der Waals surface area contributed by atoms with E-state index in [0.717, 1.165) is 38.4 Å². The van der Waals surface area contributed by atoms with Crippen molar-refractivity contribution in [3.05, 3.63) is 48.0 Å². The molecule has 1 aliphatic rings. The molecule has 3 rings (SSSR count). The van der Waals surface area contributed by atoms with Gasteiger partial charge in [-0.05, 0) is 61.1 Å². The Kier molecular flexibility index (Phi) is 5.08. The Morgan fingerprint density at radius 1 is 0.920 bits per heavy atom. The van der Waals surface area contributed by atoms with E-state index in [4.69, 9.17) is 4.74 Å². The van der Waals surface area contributed by atoms with E-state index in [0.29, 0.717) is 11.1 Å². The molecule has 3 nitrogen and oxygen atoms in total. The van der Waals surface area contributed by atoms with Crippen molar-refractivity contribution in [2.24, 2.45) is 0 Å². The lowest BCUT2D eigenvalue weighted by molar-refractivity contribution is 0.142. The van der Waals surface area contributed by atoms with Crippen LogP contribution >= 0.6 is 0 Å². The maximum atomic E-state index is 14.4. The molecule has 0 heterocycles. The second-order valence-corrected chi connectivity index (χ2v) is 8.46. The molecule has 0 saturated heterocycles. The number of ether oxygens (including phenoxy) is 1. The Morgan fingerprint density at radius 2 is 1.48 bits per heavy atom. The summed E-state index contributed by atoms with van der Waals surface area (Å²) >= 11 is 0. The first kappa shape index (κ1) is 17.9. The fourth-order valence-electron chi connectivity index (χ4n) is 3.08. The molecule has 1 fully saturated rings. The van der Waals surface area contributed by atoms with E-state index >= 15 is 0 Å². The maximum Gasteiger partial charge on any atom is 0.191 e. The Bertz CT molecular complexity index is 832. The molecule has 0 N–H and O–H groups in total. The zero-order valence-electron chi connectivity index (χ0n) is 14.0. The standard InChI is InChI=1S/C19H20F2O3S/c1-25(22,23)16-9-7-13(8-10-16)14-11-17(20)19(18(21)12-14)24-15-5-3-2-4-6-15/h7-12,15H,2-6H2,1H3. The van der Waals surface area contributed by atoms with Gasteiger partial charge in [0.15, 0.2) is 27.2 Å². The summed E-state index contributed by atoms with van der Waals surface area (Å²) in [5, 5.41) is 0. The van der Waals surface area contributed by atoms with Gasteiger partial charge in [-0.25, -0.2) is 17.2 Å². The minimum absolute atomic E-state index is 0.141. The molecule has 0 radical (unpaired) electrons. The molecular weight excluding hydrogens is 346 g/mol. The van der Waals surface area contributed by atoms with Crippen LogP contribution in [0.4, 0.5) is 8.78 Å². The molecule has 2 aromatic rings. The van der Waals surface area contributed by atoms with Crippen molar-refractivity contribution in [1.82, 2.24) is 0 Å². The maximum absolute atomic E-state index is 14.4. The van der Waals surface area contributed by atoms with Crippen LogP contribution < -0.4 is 4.74 Å². The highest BCUT2D eigenvalue weighted by Crippen LogP contribution is 2.32. The third kappa shape index (κ3) is 4.18. The van der Waals surface area contributed by atoms with Crippen LogP contribution in [0.25, 0.3) is 11.1 Å². The van der Waals surface area contributed by atoms with Gasteiger partial charge in [0.2, 0.25) is 0 Å². The average molecular weight is 366 g/mol. The number of hydrogen-bond acceptors (Lipinski definition) is 3. The second-order valence-electron chi connectivity index (χ2n) is 6.44. The molecule has 0 aliphatic heterocycles. The van der Waals surface area contributed by atoms with Crippen molar-refractivity contribution in [3.63, 3.8) is 0 Å². The van der Waals surface area contributed by atoms with E-state index < -0.39 is 21.5 Å². The second kappa shape index (κ2) is 7.12. The van der Waals surface area contributed by atoms with Crippen molar-refractivity contribution in [3.8, 4) is 16.9 Å². The number of rotatable bonds is 4. The lowest BCUT2D eigenvalue weighted by Gasteiger charge is -2.23. The molecule has 0 amide bonds. The zero-order chi connectivity index (χ0) is 18.0. The first-order valence-electron chi connectivity index (χ1n) is 8.31. The quantitative estimate of drug-likeness (QED) is 0.784. The molecule has 0 bridgehead atoms. The molecular formula is C19H20F2O3S. The summed E-state index contributed by atoms with van der Waals surface area (Å²) in [4.78, 5) is 0.162. The molecule has 1 aliphatic carbocycles. The number of benzene rings is 2. The van der Waals surface area contributed by atoms with Gasteiger partial charge in [0.1, 0.15) is 0 Å². The molecule has 0 atom stereocenters. The SMILES string of the molecule is CS(=O)(=O)c1ccc(-c2cc(F)c(OC3CCCCC3)c(F)c2)cc1. The van der Waals surface area contributed by atoms with E-state index in [2.05, 4.69) is 0 Å². The highest BCUT2D eigenvalue weighted by atomic mass is 32.2. The normalized spacial score (nSPS) is 16.0. The van der Waals surface area contributed by atoms with Crippen LogP contribution in [-0.4, -0.2) is 20.8 Å². The smallest absolute Gasteiger partial charge is 0.191 e. The minimum atomic E-state index is -3.31. The van der Waals surface area contributed by atoms with Gasteiger partial charge < -0.3 is 4.74 Å². The van der Waals surface area contributed by atoms with Gasteiger partial charge in [0.25, 0.3) is 0 Å². The molecule has 134 valence electrons. The van der Waals surface area contributed by atoms with Gasteiger partial charge in [-0.3, -0.25) is 0 Å². The molecule has 2 aromatic carbocycles. The summed E-state index contributed by atoms with van der Waals surface area (Å²) in [6.45, 7) is 0. The molecule has 6 heteroatoms. The van der Waals surface area contributed by atoms with E-state index in [9.17, 15) is 17.2 Å². The molecule has 0 unspecified atom stereocenters. The van der Waals surface area contributed by atoms with Crippen molar-refractivity contribution in [1.29, 1.82) is 0 Å². The van der Waals surface area contributed by atoms with Crippen LogP contribution in [0.2, 0.25) is 0 Å². The summed E-state index contributed by atoms with van der Waals surface area (Å²) in [5.41, 5.74) is 0.875.